The van der Waals surface area contributed by atoms with E-state index in [9.17, 15) is 15.0 Å². The summed E-state index contributed by atoms with van der Waals surface area (Å²) in [5.41, 5.74) is 1.96. The number of rotatable bonds is 6. The van der Waals surface area contributed by atoms with Gasteiger partial charge in [-0.15, -0.1) is 10.2 Å². The van der Waals surface area contributed by atoms with Crippen molar-refractivity contribution >= 4 is 17.5 Å². The summed E-state index contributed by atoms with van der Waals surface area (Å²) < 4.78 is 1.91. The summed E-state index contributed by atoms with van der Waals surface area (Å²) in [6.07, 6.45) is 0. The molecule has 0 amide bonds. The maximum atomic E-state index is 12.6. The minimum atomic E-state index is -0.267. The van der Waals surface area contributed by atoms with Crippen LogP contribution < -0.4 is 0 Å². The van der Waals surface area contributed by atoms with Crippen LogP contribution in [0.4, 0.5) is 0 Å². The Balaban J connectivity index is 1.66. The van der Waals surface area contributed by atoms with Crippen molar-refractivity contribution in [2.45, 2.75) is 5.16 Å². The van der Waals surface area contributed by atoms with Crippen LogP contribution in [0.15, 0.2) is 84.0 Å². The van der Waals surface area contributed by atoms with E-state index in [-0.39, 0.29) is 28.6 Å². The van der Waals surface area contributed by atoms with Gasteiger partial charge in [0, 0.05) is 17.3 Å². The highest BCUT2D eigenvalue weighted by Gasteiger charge is 2.18. The molecule has 4 rings (SSSR count). The first kappa shape index (κ1) is 18.8. The van der Waals surface area contributed by atoms with E-state index in [4.69, 9.17) is 0 Å². The lowest BCUT2D eigenvalue weighted by Gasteiger charge is -2.10. The second kappa shape index (κ2) is 8.20. The number of hydrogen-bond acceptors (Lipinski definition) is 6. The van der Waals surface area contributed by atoms with Gasteiger partial charge in [-0.1, -0.05) is 60.3 Å². The van der Waals surface area contributed by atoms with Crippen molar-refractivity contribution in [2.24, 2.45) is 0 Å². The molecule has 0 aliphatic heterocycles. The number of Topliss-reactive ketones (excluding diaryl/α,β-unsaturated/α-hetero) is 1. The van der Waals surface area contributed by atoms with Gasteiger partial charge in [-0.05, 0) is 24.3 Å². The summed E-state index contributed by atoms with van der Waals surface area (Å²) in [6, 6.07) is 23.3. The number of hydrogen-bond donors (Lipinski definition) is 2. The maximum absolute atomic E-state index is 12.6. The van der Waals surface area contributed by atoms with Gasteiger partial charge in [-0.25, -0.2) is 0 Å². The zero-order chi connectivity index (χ0) is 20.2. The zero-order valence-electron chi connectivity index (χ0n) is 15.3. The number of carbonyl (C=O) groups is 1. The highest BCUT2D eigenvalue weighted by molar-refractivity contribution is 7.99. The monoisotopic (exact) mass is 403 g/mol. The Kier molecular flexibility index (Phi) is 5.31. The Morgan fingerprint density at radius 2 is 1.59 bits per heavy atom. The molecule has 3 aromatic carbocycles. The molecule has 0 radical (unpaired) electrons. The van der Waals surface area contributed by atoms with Crippen molar-refractivity contribution in [3.8, 4) is 28.6 Å². The first-order valence-electron chi connectivity index (χ1n) is 8.88. The molecule has 29 heavy (non-hydrogen) atoms. The number of aromatic nitrogens is 3. The summed E-state index contributed by atoms with van der Waals surface area (Å²) in [6.45, 7) is 0. The predicted molar refractivity (Wildman–Crippen MR) is 112 cm³/mol. The molecule has 4 aromatic rings. The molecule has 0 aliphatic carbocycles. The van der Waals surface area contributed by atoms with Gasteiger partial charge in [0.1, 0.15) is 11.5 Å². The van der Waals surface area contributed by atoms with Gasteiger partial charge in [0.15, 0.2) is 16.8 Å². The number of phenols is 2. The number of phenolic OH excluding ortho intramolecular Hbond substituents is 2. The van der Waals surface area contributed by atoms with Crippen molar-refractivity contribution in [3.05, 3.63) is 84.4 Å². The van der Waals surface area contributed by atoms with E-state index in [1.165, 1.54) is 23.9 Å². The Labute approximate surface area is 171 Å². The van der Waals surface area contributed by atoms with Gasteiger partial charge in [0.25, 0.3) is 0 Å². The predicted octanol–water partition coefficient (Wildman–Crippen LogP) is 4.32. The van der Waals surface area contributed by atoms with Crippen molar-refractivity contribution in [2.75, 3.05) is 5.75 Å². The minimum absolute atomic E-state index is 0.0676. The number of thioether (sulfide) groups is 1. The lowest BCUT2D eigenvalue weighted by molar-refractivity contribution is 0.102. The first-order valence-corrected chi connectivity index (χ1v) is 9.86. The van der Waals surface area contributed by atoms with E-state index in [0.29, 0.717) is 11.0 Å². The van der Waals surface area contributed by atoms with E-state index >= 15 is 0 Å². The van der Waals surface area contributed by atoms with E-state index in [0.717, 1.165) is 17.3 Å². The van der Waals surface area contributed by atoms with Crippen LogP contribution in [0, 0.1) is 0 Å². The van der Waals surface area contributed by atoms with Crippen LogP contribution in [0.2, 0.25) is 0 Å². The number of ketones is 1. The van der Waals surface area contributed by atoms with Gasteiger partial charge in [0.05, 0.1) is 11.3 Å². The van der Waals surface area contributed by atoms with Gasteiger partial charge in [-0.2, -0.15) is 0 Å². The van der Waals surface area contributed by atoms with Gasteiger partial charge in [-0.3, -0.25) is 9.36 Å². The van der Waals surface area contributed by atoms with Crippen LogP contribution >= 0.6 is 11.8 Å². The number of benzene rings is 3. The fourth-order valence-electron chi connectivity index (χ4n) is 2.91. The molecular weight excluding hydrogens is 386 g/mol. The smallest absolute Gasteiger partial charge is 0.196 e. The Morgan fingerprint density at radius 3 is 2.28 bits per heavy atom. The molecule has 0 aliphatic rings. The average molecular weight is 403 g/mol. The molecule has 0 unspecified atom stereocenters. The molecule has 0 saturated heterocycles. The molecule has 0 spiro atoms. The molecule has 0 fully saturated rings. The Morgan fingerprint density at radius 1 is 0.897 bits per heavy atom. The highest BCUT2D eigenvalue weighted by atomic mass is 32.2. The fraction of sp³-hybridized carbons (Fsp3) is 0.0455. The lowest BCUT2D eigenvalue weighted by atomic mass is 10.1. The first-order chi connectivity index (χ1) is 14.1. The number of carbonyl (C=O) groups excluding carboxylic acids is 1. The average Bonchev–Trinajstić information content (AvgIpc) is 3.17. The fourth-order valence-corrected chi connectivity index (χ4v) is 3.75. The van der Waals surface area contributed by atoms with Crippen LogP contribution in [0.3, 0.4) is 0 Å². The normalized spacial score (nSPS) is 10.8. The highest BCUT2D eigenvalue weighted by Crippen LogP contribution is 2.29. The molecule has 1 heterocycles. The topological polar surface area (TPSA) is 88.2 Å². The summed E-state index contributed by atoms with van der Waals surface area (Å²) in [5, 5.41) is 28.5. The molecule has 0 saturated carbocycles. The number of aromatic hydroxyl groups is 2. The second-order valence-electron chi connectivity index (χ2n) is 6.26. The summed E-state index contributed by atoms with van der Waals surface area (Å²) in [5.74, 6) is 0.140. The van der Waals surface area contributed by atoms with Gasteiger partial charge < -0.3 is 10.2 Å². The Hall–Kier alpha value is -3.58. The molecule has 1 aromatic heterocycles. The van der Waals surface area contributed by atoms with E-state index in [1.807, 2.05) is 65.2 Å². The maximum Gasteiger partial charge on any atom is 0.196 e. The molecule has 6 nitrogen and oxygen atoms in total. The van der Waals surface area contributed by atoms with Crippen molar-refractivity contribution < 1.29 is 15.0 Å². The lowest BCUT2D eigenvalue weighted by Crippen LogP contribution is -2.05. The number of nitrogens with zero attached hydrogens (tertiary/aromatic N) is 3. The molecule has 0 bridgehead atoms. The molecule has 2 N–H and O–H groups in total. The zero-order valence-corrected chi connectivity index (χ0v) is 16.1. The molecule has 0 atom stereocenters. The van der Waals surface area contributed by atoms with Crippen LogP contribution in [0.1, 0.15) is 10.4 Å². The van der Waals surface area contributed by atoms with Gasteiger partial charge >= 0.3 is 0 Å². The van der Waals surface area contributed by atoms with Crippen LogP contribution in [-0.4, -0.2) is 36.5 Å². The van der Waals surface area contributed by atoms with Crippen LogP contribution in [0.5, 0.6) is 11.5 Å². The Bertz CT molecular complexity index is 1140. The minimum Gasteiger partial charge on any atom is -0.508 e. The summed E-state index contributed by atoms with van der Waals surface area (Å²) in [7, 11) is 0. The third kappa shape index (κ3) is 4.00. The second-order valence-corrected chi connectivity index (χ2v) is 7.20. The summed E-state index contributed by atoms with van der Waals surface area (Å²) in [4.78, 5) is 12.6. The quantitative estimate of drug-likeness (QED) is 0.368. The standard InChI is InChI=1S/C22H17N3O3S/c26-17-11-12-18(19(27)13-17)20(28)14-29-22-24-23-21(15-7-3-1-4-8-15)25(22)16-9-5-2-6-10-16/h1-13,26-27H,14H2. The number of para-hydroxylation sites is 1. The van der Waals surface area contributed by atoms with Crippen molar-refractivity contribution in [1.82, 2.24) is 14.8 Å². The molecule has 7 heteroatoms. The van der Waals surface area contributed by atoms with Gasteiger partial charge in [0.2, 0.25) is 0 Å². The summed E-state index contributed by atoms with van der Waals surface area (Å²) >= 11 is 1.24. The SMILES string of the molecule is O=C(CSc1nnc(-c2ccccc2)n1-c1ccccc1)c1ccc(O)cc1O. The van der Waals surface area contributed by atoms with E-state index in [1.54, 1.807) is 0 Å². The van der Waals surface area contributed by atoms with Crippen molar-refractivity contribution in [3.63, 3.8) is 0 Å². The van der Waals surface area contributed by atoms with E-state index in [2.05, 4.69) is 10.2 Å². The third-order valence-corrected chi connectivity index (χ3v) is 5.22. The van der Waals surface area contributed by atoms with Crippen LogP contribution in [-0.2, 0) is 0 Å². The molecular formula is C22H17N3O3S. The molecule has 144 valence electrons. The van der Waals surface area contributed by atoms with Crippen molar-refractivity contribution in [1.29, 1.82) is 0 Å². The third-order valence-electron chi connectivity index (χ3n) is 4.29. The largest absolute Gasteiger partial charge is 0.508 e. The van der Waals surface area contributed by atoms with E-state index < -0.39 is 0 Å². The van der Waals surface area contributed by atoms with Crippen LogP contribution in [0.25, 0.3) is 17.1 Å².